The molecule has 0 saturated carbocycles. The summed E-state index contributed by atoms with van der Waals surface area (Å²) >= 11 is 0. The van der Waals surface area contributed by atoms with E-state index < -0.39 is 5.82 Å². The fourth-order valence-electron chi connectivity index (χ4n) is 3.36. The molecule has 2 saturated heterocycles. The summed E-state index contributed by atoms with van der Waals surface area (Å²) in [6, 6.07) is 5.66. The fourth-order valence-corrected chi connectivity index (χ4v) is 3.36. The minimum absolute atomic E-state index is 0.190. The molecule has 0 radical (unpaired) electrons. The van der Waals surface area contributed by atoms with Gasteiger partial charge in [-0.3, -0.25) is 5.10 Å². The van der Waals surface area contributed by atoms with E-state index in [4.69, 9.17) is 0 Å². The van der Waals surface area contributed by atoms with Crippen molar-refractivity contribution < 1.29 is 4.39 Å². The van der Waals surface area contributed by atoms with Crippen LogP contribution in [0.25, 0.3) is 10.9 Å². The van der Waals surface area contributed by atoms with Gasteiger partial charge in [-0.2, -0.15) is 10.1 Å². The molecule has 8 heteroatoms. The lowest BCUT2D eigenvalue weighted by Gasteiger charge is -2.55. The summed E-state index contributed by atoms with van der Waals surface area (Å²) in [5.41, 5.74) is 2.07. The maximum atomic E-state index is 14.1. The molecule has 2 aliphatic rings. The number of nitrogens with zero attached hydrogens (tertiary/aromatic N) is 4. The van der Waals surface area contributed by atoms with E-state index in [0.717, 1.165) is 42.8 Å². The van der Waals surface area contributed by atoms with Crippen molar-refractivity contribution in [2.24, 2.45) is 5.41 Å². The van der Waals surface area contributed by atoms with Gasteiger partial charge in [-0.1, -0.05) is 0 Å². The molecule has 122 valence electrons. The zero-order valence-corrected chi connectivity index (χ0v) is 12.9. The highest BCUT2D eigenvalue weighted by Gasteiger charge is 2.48. The SMILES string of the molecule is Fc1cnc(N2CC3(CNC3)C2)nc1Nc1ccc2[nH]ncc2c1. The second kappa shape index (κ2) is 4.88. The highest BCUT2D eigenvalue weighted by molar-refractivity contribution is 5.82. The van der Waals surface area contributed by atoms with Crippen LogP contribution in [-0.4, -0.2) is 46.3 Å². The lowest BCUT2D eigenvalue weighted by molar-refractivity contribution is 0.119. The molecule has 5 rings (SSSR count). The van der Waals surface area contributed by atoms with Crippen LogP contribution >= 0.6 is 0 Å². The van der Waals surface area contributed by atoms with Crippen LogP contribution in [0.5, 0.6) is 0 Å². The van der Waals surface area contributed by atoms with Crippen molar-refractivity contribution in [3.05, 3.63) is 36.4 Å². The largest absolute Gasteiger partial charge is 0.339 e. The molecule has 3 aromatic rings. The first-order chi connectivity index (χ1) is 11.7. The van der Waals surface area contributed by atoms with E-state index in [-0.39, 0.29) is 5.82 Å². The number of aromatic nitrogens is 4. The van der Waals surface area contributed by atoms with Crippen molar-refractivity contribution in [2.75, 3.05) is 36.4 Å². The first kappa shape index (κ1) is 13.7. The molecule has 1 spiro atoms. The van der Waals surface area contributed by atoms with Crippen molar-refractivity contribution >= 4 is 28.4 Å². The molecule has 0 unspecified atom stereocenters. The smallest absolute Gasteiger partial charge is 0.227 e. The van der Waals surface area contributed by atoms with Gasteiger partial charge in [-0.05, 0) is 18.2 Å². The zero-order valence-electron chi connectivity index (χ0n) is 12.9. The standard InChI is InChI=1S/C16H16FN7/c17-12-5-19-15(24-8-16(9-24)6-18-7-16)22-14(12)21-11-1-2-13-10(3-11)4-20-23-13/h1-5,18H,6-9H2,(H,20,23)(H,19,21,22). The summed E-state index contributed by atoms with van der Waals surface area (Å²) in [4.78, 5) is 10.6. The topological polar surface area (TPSA) is 81.8 Å². The van der Waals surface area contributed by atoms with Gasteiger partial charge < -0.3 is 15.5 Å². The number of fused-ring (bicyclic) bond motifs is 1. The summed E-state index contributed by atoms with van der Waals surface area (Å²) < 4.78 is 14.1. The van der Waals surface area contributed by atoms with E-state index in [1.165, 1.54) is 6.20 Å². The second-order valence-electron chi connectivity index (χ2n) is 6.62. The highest BCUT2D eigenvalue weighted by atomic mass is 19.1. The maximum Gasteiger partial charge on any atom is 0.227 e. The Bertz CT molecular complexity index is 910. The molecule has 0 bridgehead atoms. The molecule has 0 atom stereocenters. The van der Waals surface area contributed by atoms with E-state index in [1.54, 1.807) is 6.20 Å². The summed E-state index contributed by atoms with van der Waals surface area (Å²) in [6.45, 7) is 3.93. The first-order valence-electron chi connectivity index (χ1n) is 7.89. The average Bonchev–Trinajstić information content (AvgIpc) is 2.95. The molecule has 2 fully saturated rings. The lowest BCUT2D eigenvalue weighted by Crippen LogP contribution is -2.71. The molecule has 2 aliphatic heterocycles. The molecule has 2 aromatic heterocycles. The van der Waals surface area contributed by atoms with E-state index in [2.05, 4.69) is 35.7 Å². The van der Waals surface area contributed by atoms with Gasteiger partial charge in [0.2, 0.25) is 5.95 Å². The number of rotatable bonds is 3. The summed E-state index contributed by atoms with van der Waals surface area (Å²) in [5.74, 6) is 0.294. The van der Waals surface area contributed by atoms with E-state index >= 15 is 0 Å². The normalized spacial score (nSPS) is 18.5. The van der Waals surface area contributed by atoms with E-state index in [9.17, 15) is 4.39 Å². The zero-order chi connectivity index (χ0) is 16.1. The Labute approximate surface area is 137 Å². The van der Waals surface area contributed by atoms with Gasteiger partial charge >= 0.3 is 0 Å². The average molecular weight is 325 g/mol. The molecule has 0 amide bonds. The number of halogens is 1. The number of H-pyrrole nitrogens is 1. The van der Waals surface area contributed by atoms with Gasteiger partial charge in [0.05, 0.1) is 17.9 Å². The highest BCUT2D eigenvalue weighted by Crippen LogP contribution is 2.36. The van der Waals surface area contributed by atoms with Crippen LogP contribution in [0.1, 0.15) is 0 Å². The number of nitrogens with one attached hydrogen (secondary N) is 3. The summed E-state index contributed by atoms with van der Waals surface area (Å²) in [5, 5.41) is 14.2. The minimum atomic E-state index is -0.466. The third-order valence-corrected chi connectivity index (χ3v) is 4.77. The first-order valence-corrected chi connectivity index (χ1v) is 7.89. The van der Waals surface area contributed by atoms with Crippen molar-refractivity contribution in [1.82, 2.24) is 25.5 Å². The molecular formula is C16H16FN7. The molecule has 24 heavy (non-hydrogen) atoms. The predicted molar refractivity (Wildman–Crippen MR) is 88.9 cm³/mol. The number of anilines is 3. The van der Waals surface area contributed by atoms with Gasteiger partial charge in [-0.15, -0.1) is 0 Å². The van der Waals surface area contributed by atoms with Crippen molar-refractivity contribution in [1.29, 1.82) is 0 Å². The maximum absolute atomic E-state index is 14.1. The van der Waals surface area contributed by atoms with Gasteiger partial charge in [-0.25, -0.2) is 9.37 Å². The van der Waals surface area contributed by atoms with Crippen LogP contribution in [0.15, 0.2) is 30.6 Å². The fraction of sp³-hybridized carbons (Fsp3) is 0.312. The van der Waals surface area contributed by atoms with Crippen molar-refractivity contribution in [3.8, 4) is 0 Å². The Morgan fingerprint density at radius 3 is 2.88 bits per heavy atom. The Hall–Kier alpha value is -2.74. The van der Waals surface area contributed by atoms with E-state index in [1.807, 2.05) is 18.2 Å². The molecule has 0 aliphatic carbocycles. The second-order valence-corrected chi connectivity index (χ2v) is 6.62. The van der Waals surface area contributed by atoms with Gasteiger partial charge in [0.1, 0.15) is 0 Å². The Balaban J connectivity index is 1.39. The van der Waals surface area contributed by atoms with Crippen LogP contribution in [-0.2, 0) is 0 Å². The summed E-state index contributed by atoms with van der Waals surface area (Å²) in [6.07, 6.45) is 2.96. The van der Waals surface area contributed by atoms with E-state index in [0.29, 0.717) is 11.4 Å². The van der Waals surface area contributed by atoms with Gasteiger partial charge in [0, 0.05) is 42.7 Å². The van der Waals surface area contributed by atoms with Crippen LogP contribution in [0, 0.1) is 11.2 Å². The Morgan fingerprint density at radius 1 is 1.21 bits per heavy atom. The van der Waals surface area contributed by atoms with Crippen LogP contribution < -0.4 is 15.5 Å². The predicted octanol–water partition coefficient (Wildman–Crippen LogP) is 1.65. The molecular weight excluding hydrogens is 309 g/mol. The minimum Gasteiger partial charge on any atom is -0.339 e. The molecule has 4 heterocycles. The quantitative estimate of drug-likeness (QED) is 0.679. The van der Waals surface area contributed by atoms with Gasteiger partial charge in [0.25, 0.3) is 0 Å². The van der Waals surface area contributed by atoms with Crippen LogP contribution in [0.4, 0.5) is 21.8 Å². The third-order valence-electron chi connectivity index (χ3n) is 4.77. The number of hydrogen-bond donors (Lipinski definition) is 3. The molecule has 7 nitrogen and oxygen atoms in total. The lowest BCUT2D eigenvalue weighted by atomic mass is 9.75. The number of benzene rings is 1. The van der Waals surface area contributed by atoms with Crippen LogP contribution in [0.2, 0.25) is 0 Å². The Kier molecular flexibility index (Phi) is 2.78. The monoisotopic (exact) mass is 325 g/mol. The van der Waals surface area contributed by atoms with Gasteiger partial charge in [0.15, 0.2) is 11.6 Å². The van der Waals surface area contributed by atoms with Crippen LogP contribution in [0.3, 0.4) is 0 Å². The summed E-state index contributed by atoms with van der Waals surface area (Å²) in [7, 11) is 0. The Morgan fingerprint density at radius 2 is 2.08 bits per heavy atom. The number of aromatic amines is 1. The number of hydrogen-bond acceptors (Lipinski definition) is 6. The molecule has 3 N–H and O–H groups in total. The third kappa shape index (κ3) is 2.10. The molecule has 1 aromatic carbocycles. The van der Waals surface area contributed by atoms with Crippen molar-refractivity contribution in [2.45, 2.75) is 0 Å². The van der Waals surface area contributed by atoms with Crippen molar-refractivity contribution in [3.63, 3.8) is 0 Å².